The monoisotopic (exact) mass is 273 g/mol. The fourth-order valence-electron chi connectivity index (χ4n) is 2.32. The first-order valence-electron chi connectivity index (χ1n) is 6.57. The fraction of sp³-hybridized carbons (Fsp3) is 0.385. The number of pyridine rings is 1. The molecule has 2 aromatic heterocycles. The van der Waals surface area contributed by atoms with Crippen molar-refractivity contribution in [2.45, 2.75) is 32.5 Å². The standard InChI is InChI=1S/C13H15N5O2/c19-12(9-17-6-2-1-5-13(17)20)14-8-11-16-15-10-4-3-7-18(10)11/h1-2,5-6H,3-4,7-9H2,(H,14,19). The Balaban J connectivity index is 1.60. The van der Waals surface area contributed by atoms with Gasteiger partial charge in [0.2, 0.25) is 5.91 Å². The van der Waals surface area contributed by atoms with Gasteiger partial charge in [0.25, 0.3) is 5.56 Å². The Morgan fingerprint density at radius 1 is 1.35 bits per heavy atom. The molecule has 0 saturated heterocycles. The van der Waals surface area contributed by atoms with E-state index in [4.69, 9.17) is 0 Å². The maximum atomic E-state index is 11.8. The molecule has 1 amide bonds. The molecule has 0 bridgehead atoms. The predicted molar refractivity (Wildman–Crippen MR) is 70.9 cm³/mol. The number of nitrogens with one attached hydrogen (secondary N) is 1. The third-order valence-electron chi connectivity index (χ3n) is 3.34. The molecule has 0 spiro atoms. The summed E-state index contributed by atoms with van der Waals surface area (Å²) in [4.78, 5) is 23.3. The summed E-state index contributed by atoms with van der Waals surface area (Å²) in [6, 6.07) is 4.80. The van der Waals surface area contributed by atoms with Crippen LogP contribution in [-0.2, 0) is 30.8 Å². The molecule has 104 valence electrons. The number of carbonyl (C=O) groups excluding carboxylic acids is 1. The number of aryl methyl sites for hydroxylation is 1. The van der Waals surface area contributed by atoms with Gasteiger partial charge in [-0.3, -0.25) is 9.59 Å². The van der Waals surface area contributed by atoms with Crippen LogP contribution in [0.2, 0.25) is 0 Å². The summed E-state index contributed by atoms with van der Waals surface area (Å²) in [6.45, 7) is 1.26. The Morgan fingerprint density at radius 3 is 3.10 bits per heavy atom. The molecule has 7 heteroatoms. The zero-order valence-electron chi connectivity index (χ0n) is 11.0. The van der Waals surface area contributed by atoms with Crippen molar-refractivity contribution >= 4 is 5.91 Å². The number of carbonyl (C=O) groups is 1. The number of fused-ring (bicyclic) bond motifs is 1. The van der Waals surface area contributed by atoms with Crippen LogP contribution >= 0.6 is 0 Å². The normalized spacial score (nSPS) is 13.2. The van der Waals surface area contributed by atoms with Gasteiger partial charge in [-0.1, -0.05) is 6.07 Å². The molecule has 2 aromatic rings. The zero-order valence-corrected chi connectivity index (χ0v) is 11.0. The second kappa shape index (κ2) is 5.28. The molecule has 20 heavy (non-hydrogen) atoms. The van der Waals surface area contributed by atoms with Gasteiger partial charge >= 0.3 is 0 Å². The fourth-order valence-corrected chi connectivity index (χ4v) is 2.32. The van der Waals surface area contributed by atoms with Gasteiger partial charge < -0.3 is 14.5 Å². The smallest absolute Gasteiger partial charge is 0.250 e. The second-order valence-electron chi connectivity index (χ2n) is 4.73. The number of hydrogen-bond donors (Lipinski definition) is 1. The van der Waals surface area contributed by atoms with Gasteiger partial charge in [-0.2, -0.15) is 0 Å². The molecule has 0 fully saturated rings. The van der Waals surface area contributed by atoms with E-state index < -0.39 is 0 Å². The van der Waals surface area contributed by atoms with Crippen LogP contribution in [-0.4, -0.2) is 25.2 Å². The highest BCUT2D eigenvalue weighted by atomic mass is 16.2. The van der Waals surface area contributed by atoms with Gasteiger partial charge in [-0.25, -0.2) is 0 Å². The highest BCUT2D eigenvalue weighted by Crippen LogP contribution is 2.13. The lowest BCUT2D eigenvalue weighted by molar-refractivity contribution is -0.121. The van der Waals surface area contributed by atoms with E-state index in [0.717, 1.165) is 31.0 Å². The molecule has 0 aromatic carbocycles. The Kier molecular flexibility index (Phi) is 3.32. The molecule has 0 saturated carbocycles. The van der Waals surface area contributed by atoms with Crippen LogP contribution in [0.4, 0.5) is 0 Å². The topological polar surface area (TPSA) is 81.8 Å². The first-order valence-corrected chi connectivity index (χ1v) is 6.57. The molecule has 3 heterocycles. The first kappa shape index (κ1) is 12.6. The minimum Gasteiger partial charge on any atom is -0.347 e. The van der Waals surface area contributed by atoms with Crippen LogP contribution in [0.25, 0.3) is 0 Å². The maximum Gasteiger partial charge on any atom is 0.250 e. The van der Waals surface area contributed by atoms with Gasteiger partial charge in [0.15, 0.2) is 5.82 Å². The van der Waals surface area contributed by atoms with Gasteiger partial charge in [-0.05, 0) is 12.5 Å². The summed E-state index contributed by atoms with van der Waals surface area (Å²) in [5, 5.41) is 10.9. The molecule has 0 aliphatic carbocycles. The van der Waals surface area contributed by atoms with E-state index in [2.05, 4.69) is 15.5 Å². The lowest BCUT2D eigenvalue weighted by Gasteiger charge is -2.07. The minimum atomic E-state index is -0.214. The van der Waals surface area contributed by atoms with Crippen molar-refractivity contribution in [2.24, 2.45) is 0 Å². The largest absolute Gasteiger partial charge is 0.347 e. The van der Waals surface area contributed by atoms with Gasteiger partial charge in [0, 0.05) is 25.2 Å². The Labute approximate surface area is 115 Å². The Hall–Kier alpha value is -2.44. The number of rotatable bonds is 4. The van der Waals surface area contributed by atoms with E-state index in [1.54, 1.807) is 18.3 Å². The molecule has 1 N–H and O–H groups in total. The molecule has 7 nitrogen and oxygen atoms in total. The van der Waals surface area contributed by atoms with Crippen LogP contribution < -0.4 is 10.9 Å². The summed E-state index contributed by atoms with van der Waals surface area (Å²) >= 11 is 0. The molecule has 1 aliphatic rings. The average molecular weight is 273 g/mol. The van der Waals surface area contributed by atoms with Crippen LogP contribution in [0, 0.1) is 0 Å². The lowest BCUT2D eigenvalue weighted by atomic mass is 10.4. The molecule has 3 rings (SSSR count). The van der Waals surface area contributed by atoms with E-state index >= 15 is 0 Å². The van der Waals surface area contributed by atoms with Crippen molar-refractivity contribution in [3.8, 4) is 0 Å². The third kappa shape index (κ3) is 2.47. The van der Waals surface area contributed by atoms with Gasteiger partial charge in [0.05, 0.1) is 6.54 Å². The average Bonchev–Trinajstić information content (AvgIpc) is 3.02. The van der Waals surface area contributed by atoms with E-state index in [0.29, 0.717) is 6.54 Å². The first-order chi connectivity index (χ1) is 9.74. The molecule has 1 aliphatic heterocycles. The lowest BCUT2D eigenvalue weighted by Crippen LogP contribution is -2.32. The second-order valence-corrected chi connectivity index (χ2v) is 4.73. The molecular formula is C13H15N5O2. The summed E-state index contributed by atoms with van der Waals surface area (Å²) in [5.41, 5.74) is -0.189. The third-order valence-corrected chi connectivity index (χ3v) is 3.34. The van der Waals surface area contributed by atoms with E-state index in [1.807, 2.05) is 4.57 Å². The zero-order chi connectivity index (χ0) is 13.9. The molecular weight excluding hydrogens is 258 g/mol. The van der Waals surface area contributed by atoms with Gasteiger partial charge in [0.1, 0.15) is 12.4 Å². The van der Waals surface area contributed by atoms with Crippen molar-refractivity contribution in [2.75, 3.05) is 0 Å². The SMILES string of the molecule is O=C(Cn1ccccc1=O)NCc1nnc2n1CCC2. The number of aromatic nitrogens is 4. The van der Waals surface area contributed by atoms with E-state index in [1.165, 1.54) is 10.6 Å². The quantitative estimate of drug-likeness (QED) is 0.829. The van der Waals surface area contributed by atoms with Crippen LogP contribution in [0.1, 0.15) is 18.1 Å². The number of hydrogen-bond acceptors (Lipinski definition) is 4. The predicted octanol–water partition coefficient (Wildman–Crippen LogP) is -0.298. The minimum absolute atomic E-state index is 0.0146. The van der Waals surface area contributed by atoms with E-state index in [9.17, 15) is 9.59 Å². The maximum absolute atomic E-state index is 11.8. The highest BCUT2D eigenvalue weighted by molar-refractivity contribution is 5.75. The summed E-state index contributed by atoms with van der Waals surface area (Å²) in [6.07, 6.45) is 3.61. The molecule has 0 radical (unpaired) electrons. The van der Waals surface area contributed by atoms with Crippen molar-refractivity contribution in [1.82, 2.24) is 24.6 Å². The highest BCUT2D eigenvalue weighted by Gasteiger charge is 2.17. The van der Waals surface area contributed by atoms with Crippen molar-refractivity contribution in [3.05, 3.63) is 46.4 Å². The van der Waals surface area contributed by atoms with Crippen LogP contribution in [0.15, 0.2) is 29.2 Å². The van der Waals surface area contributed by atoms with E-state index in [-0.39, 0.29) is 18.0 Å². The summed E-state index contributed by atoms with van der Waals surface area (Å²) in [7, 11) is 0. The van der Waals surface area contributed by atoms with Crippen molar-refractivity contribution in [1.29, 1.82) is 0 Å². The Morgan fingerprint density at radius 2 is 2.25 bits per heavy atom. The van der Waals surface area contributed by atoms with Crippen molar-refractivity contribution < 1.29 is 4.79 Å². The number of nitrogens with zero attached hydrogens (tertiary/aromatic N) is 4. The van der Waals surface area contributed by atoms with Crippen LogP contribution in [0.3, 0.4) is 0 Å². The number of amides is 1. The molecule has 0 unspecified atom stereocenters. The summed E-state index contributed by atoms with van der Waals surface area (Å²) < 4.78 is 3.40. The van der Waals surface area contributed by atoms with Gasteiger partial charge in [-0.15, -0.1) is 10.2 Å². The summed E-state index contributed by atoms with van der Waals surface area (Å²) in [5.74, 6) is 1.54. The van der Waals surface area contributed by atoms with Crippen molar-refractivity contribution in [3.63, 3.8) is 0 Å². The Bertz CT molecular complexity index is 688. The van der Waals surface area contributed by atoms with Crippen LogP contribution in [0.5, 0.6) is 0 Å². The molecule has 0 atom stereocenters.